The van der Waals surface area contributed by atoms with Crippen LogP contribution in [0.3, 0.4) is 0 Å². The number of carboxylic acids is 1. The zero-order valence-electron chi connectivity index (χ0n) is 9.46. The fourth-order valence-corrected chi connectivity index (χ4v) is 2.17. The molecule has 1 atom stereocenters. The van der Waals surface area contributed by atoms with Crippen molar-refractivity contribution in [1.82, 2.24) is 0 Å². The minimum Gasteiger partial charge on any atom is -0.495 e. The summed E-state index contributed by atoms with van der Waals surface area (Å²) in [5.74, 6) is -0.657. The standard InChI is InChI=1S/C11H13Cl2NO3/c1-11(14,5-9(15)16)7-3-6(12)4-8(13)10(7)17-2/h3-4H,5,14H2,1-2H3,(H,15,16). The maximum atomic E-state index is 10.8. The molecule has 0 aliphatic heterocycles. The van der Waals surface area contributed by atoms with Crippen molar-refractivity contribution in [2.75, 3.05) is 7.11 Å². The molecule has 1 aromatic carbocycles. The van der Waals surface area contributed by atoms with Gasteiger partial charge in [-0.2, -0.15) is 0 Å². The van der Waals surface area contributed by atoms with E-state index in [1.807, 2.05) is 0 Å². The number of hydrogen-bond donors (Lipinski definition) is 2. The van der Waals surface area contributed by atoms with E-state index in [-0.39, 0.29) is 6.42 Å². The number of aliphatic carboxylic acids is 1. The van der Waals surface area contributed by atoms with Gasteiger partial charge in [-0.05, 0) is 19.1 Å². The maximum absolute atomic E-state index is 10.8. The van der Waals surface area contributed by atoms with Crippen LogP contribution in [0.2, 0.25) is 10.0 Å². The van der Waals surface area contributed by atoms with Gasteiger partial charge in [-0.15, -0.1) is 0 Å². The number of rotatable bonds is 4. The SMILES string of the molecule is COc1c(Cl)cc(Cl)cc1C(C)(N)CC(=O)O. The summed E-state index contributed by atoms with van der Waals surface area (Å²) in [6, 6.07) is 3.08. The van der Waals surface area contributed by atoms with Crippen molar-refractivity contribution < 1.29 is 14.6 Å². The highest BCUT2D eigenvalue weighted by Gasteiger charge is 2.29. The summed E-state index contributed by atoms with van der Waals surface area (Å²) in [6.07, 6.45) is -0.250. The first-order valence-corrected chi connectivity index (χ1v) is 5.57. The van der Waals surface area contributed by atoms with Crippen LogP contribution in [0, 0.1) is 0 Å². The summed E-state index contributed by atoms with van der Waals surface area (Å²) < 4.78 is 5.14. The van der Waals surface area contributed by atoms with Gasteiger partial charge in [0.1, 0.15) is 5.75 Å². The van der Waals surface area contributed by atoms with Gasteiger partial charge < -0.3 is 15.6 Å². The van der Waals surface area contributed by atoms with Crippen LogP contribution >= 0.6 is 23.2 Å². The molecular formula is C11H13Cl2NO3. The number of carboxylic acid groups (broad SMARTS) is 1. The second kappa shape index (κ2) is 5.12. The zero-order chi connectivity index (χ0) is 13.2. The van der Waals surface area contributed by atoms with E-state index in [0.717, 1.165) is 0 Å². The van der Waals surface area contributed by atoms with Gasteiger partial charge in [0.25, 0.3) is 0 Å². The second-order valence-corrected chi connectivity index (χ2v) is 4.80. The molecule has 0 heterocycles. The summed E-state index contributed by atoms with van der Waals surface area (Å²) in [5, 5.41) is 9.51. The molecule has 3 N–H and O–H groups in total. The predicted molar refractivity (Wildman–Crippen MR) is 66.8 cm³/mol. The molecule has 0 amide bonds. The van der Waals surface area contributed by atoms with E-state index in [2.05, 4.69) is 0 Å². The van der Waals surface area contributed by atoms with Crippen molar-refractivity contribution in [3.63, 3.8) is 0 Å². The number of halogens is 2. The third kappa shape index (κ3) is 3.25. The fraction of sp³-hybridized carbons (Fsp3) is 0.364. The molecule has 0 spiro atoms. The summed E-state index contributed by atoms with van der Waals surface area (Å²) in [6.45, 7) is 1.59. The van der Waals surface area contributed by atoms with E-state index in [9.17, 15) is 4.79 Å². The third-order valence-electron chi connectivity index (χ3n) is 2.35. The van der Waals surface area contributed by atoms with Gasteiger partial charge >= 0.3 is 5.97 Å². The van der Waals surface area contributed by atoms with Gasteiger partial charge in [0.15, 0.2) is 0 Å². The first-order chi connectivity index (χ1) is 7.77. The van der Waals surface area contributed by atoms with Crippen LogP contribution in [-0.2, 0) is 10.3 Å². The Hall–Kier alpha value is -0.970. The summed E-state index contributed by atoms with van der Waals surface area (Å²) in [5.41, 5.74) is 5.34. The van der Waals surface area contributed by atoms with Gasteiger partial charge in [-0.1, -0.05) is 23.2 Å². The van der Waals surface area contributed by atoms with Crippen molar-refractivity contribution in [3.05, 3.63) is 27.7 Å². The molecule has 1 rings (SSSR count). The van der Waals surface area contributed by atoms with Crippen LogP contribution in [0.1, 0.15) is 18.9 Å². The van der Waals surface area contributed by atoms with Gasteiger partial charge in [0.2, 0.25) is 0 Å². The van der Waals surface area contributed by atoms with Gasteiger partial charge in [-0.25, -0.2) is 0 Å². The first kappa shape index (κ1) is 14.1. The number of hydrogen-bond acceptors (Lipinski definition) is 3. The molecule has 6 heteroatoms. The van der Waals surface area contributed by atoms with Crippen LogP contribution in [-0.4, -0.2) is 18.2 Å². The molecule has 4 nitrogen and oxygen atoms in total. The number of ether oxygens (including phenoxy) is 1. The Morgan fingerprint density at radius 2 is 2.12 bits per heavy atom. The van der Waals surface area contributed by atoms with Crippen molar-refractivity contribution in [1.29, 1.82) is 0 Å². The average molecular weight is 278 g/mol. The summed E-state index contributed by atoms with van der Waals surface area (Å²) in [7, 11) is 1.44. The smallest absolute Gasteiger partial charge is 0.305 e. The molecule has 17 heavy (non-hydrogen) atoms. The lowest BCUT2D eigenvalue weighted by atomic mass is 9.89. The Labute approximate surface area is 109 Å². The van der Waals surface area contributed by atoms with Crippen molar-refractivity contribution in [2.24, 2.45) is 5.73 Å². The number of benzene rings is 1. The molecule has 94 valence electrons. The van der Waals surface area contributed by atoms with Crippen LogP contribution in [0.5, 0.6) is 5.75 Å². The normalized spacial score (nSPS) is 14.2. The molecule has 0 aromatic heterocycles. The quantitative estimate of drug-likeness (QED) is 0.888. The van der Waals surface area contributed by atoms with E-state index in [1.54, 1.807) is 13.0 Å². The molecule has 0 aliphatic rings. The highest BCUT2D eigenvalue weighted by molar-refractivity contribution is 6.35. The average Bonchev–Trinajstić information content (AvgIpc) is 2.14. The predicted octanol–water partition coefficient (Wildman–Crippen LogP) is 2.65. The molecule has 1 unspecified atom stereocenters. The highest BCUT2D eigenvalue weighted by Crippen LogP contribution is 2.38. The molecule has 0 bridgehead atoms. The summed E-state index contributed by atoms with van der Waals surface area (Å²) >= 11 is 11.8. The molecular weight excluding hydrogens is 265 g/mol. The lowest BCUT2D eigenvalue weighted by Gasteiger charge is -2.26. The first-order valence-electron chi connectivity index (χ1n) is 4.82. The number of nitrogens with two attached hydrogens (primary N) is 1. The molecule has 0 fully saturated rings. The maximum Gasteiger partial charge on any atom is 0.305 e. The Balaban J connectivity index is 3.33. The topological polar surface area (TPSA) is 72.5 Å². The number of carbonyl (C=O) groups is 1. The zero-order valence-corrected chi connectivity index (χ0v) is 11.0. The Kier molecular flexibility index (Phi) is 4.25. The Morgan fingerprint density at radius 3 is 2.59 bits per heavy atom. The monoisotopic (exact) mass is 277 g/mol. The van der Waals surface area contributed by atoms with Crippen LogP contribution in [0.25, 0.3) is 0 Å². The van der Waals surface area contributed by atoms with Gasteiger partial charge in [0.05, 0.1) is 24.1 Å². The van der Waals surface area contributed by atoms with Gasteiger partial charge in [0, 0.05) is 10.6 Å². The van der Waals surface area contributed by atoms with E-state index in [0.29, 0.717) is 21.4 Å². The van der Waals surface area contributed by atoms with Crippen molar-refractivity contribution in [3.8, 4) is 5.75 Å². The molecule has 1 aromatic rings. The lowest BCUT2D eigenvalue weighted by molar-refractivity contribution is -0.138. The molecule has 0 saturated heterocycles. The Bertz CT molecular complexity index is 447. The van der Waals surface area contributed by atoms with E-state index >= 15 is 0 Å². The Morgan fingerprint density at radius 1 is 1.53 bits per heavy atom. The molecule has 0 saturated carbocycles. The van der Waals surface area contributed by atoms with E-state index in [4.69, 9.17) is 38.8 Å². The second-order valence-electron chi connectivity index (χ2n) is 3.96. The van der Waals surface area contributed by atoms with E-state index in [1.165, 1.54) is 13.2 Å². The molecule has 0 aliphatic carbocycles. The van der Waals surface area contributed by atoms with Crippen LogP contribution in [0.4, 0.5) is 0 Å². The van der Waals surface area contributed by atoms with Crippen molar-refractivity contribution in [2.45, 2.75) is 18.9 Å². The molecule has 0 radical (unpaired) electrons. The van der Waals surface area contributed by atoms with Crippen LogP contribution in [0.15, 0.2) is 12.1 Å². The van der Waals surface area contributed by atoms with E-state index < -0.39 is 11.5 Å². The van der Waals surface area contributed by atoms with Crippen LogP contribution < -0.4 is 10.5 Å². The largest absolute Gasteiger partial charge is 0.495 e. The number of methoxy groups -OCH3 is 1. The minimum absolute atomic E-state index is 0.250. The van der Waals surface area contributed by atoms with Gasteiger partial charge in [-0.3, -0.25) is 4.79 Å². The lowest BCUT2D eigenvalue weighted by Crippen LogP contribution is -2.36. The van der Waals surface area contributed by atoms with Crippen molar-refractivity contribution >= 4 is 29.2 Å². The fourth-order valence-electron chi connectivity index (χ4n) is 1.60. The third-order valence-corrected chi connectivity index (χ3v) is 2.85. The minimum atomic E-state index is -1.11. The highest BCUT2D eigenvalue weighted by atomic mass is 35.5. The summed E-state index contributed by atoms with van der Waals surface area (Å²) in [4.78, 5) is 10.8.